The highest BCUT2D eigenvalue weighted by Gasteiger charge is 2.65. The van der Waals surface area contributed by atoms with Crippen LogP contribution in [0.2, 0.25) is 0 Å². The number of carbonyl (C=O) groups is 3. The van der Waals surface area contributed by atoms with Gasteiger partial charge in [0.1, 0.15) is 6.04 Å². The lowest BCUT2D eigenvalue weighted by Crippen LogP contribution is -2.47. The van der Waals surface area contributed by atoms with Gasteiger partial charge in [-0.15, -0.1) is 0 Å². The smallest absolute Gasteiger partial charge is 0.269 e. The van der Waals surface area contributed by atoms with E-state index in [0.29, 0.717) is 5.56 Å². The zero-order chi connectivity index (χ0) is 24.3. The molecule has 0 aromatic heterocycles. The molecule has 35 heavy (non-hydrogen) atoms. The highest BCUT2D eigenvalue weighted by atomic mass is 16.6. The van der Waals surface area contributed by atoms with Crippen LogP contribution in [0.5, 0.6) is 0 Å². The third-order valence-corrected chi connectivity index (χ3v) is 8.07. The minimum Gasteiger partial charge on any atom is -0.358 e. The number of fused-ring (bicyclic) bond motifs is 5. The lowest BCUT2D eigenvalue weighted by Gasteiger charge is -2.37. The van der Waals surface area contributed by atoms with Crippen LogP contribution >= 0.6 is 0 Å². The lowest BCUT2D eigenvalue weighted by molar-refractivity contribution is -0.384. The van der Waals surface area contributed by atoms with Crippen molar-refractivity contribution in [1.29, 1.82) is 0 Å². The van der Waals surface area contributed by atoms with Gasteiger partial charge in [0.05, 0.1) is 22.8 Å². The van der Waals surface area contributed by atoms with Crippen molar-refractivity contribution < 1.29 is 19.3 Å². The van der Waals surface area contributed by atoms with Crippen molar-refractivity contribution in [1.82, 2.24) is 9.80 Å². The maximum atomic E-state index is 13.9. The first-order valence-corrected chi connectivity index (χ1v) is 12.2. The second-order valence-electron chi connectivity index (χ2n) is 9.84. The van der Waals surface area contributed by atoms with Gasteiger partial charge in [-0.3, -0.25) is 29.4 Å². The Kier molecular flexibility index (Phi) is 5.05. The molecule has 8 heteroatoms. The summed E-state index contributed by atoms with van der Waals surface area (Å²) in [5.74, 6) is -2.15. The number of Topliss-reactive ketones (excluding diaryl/α,β-unsaturated/α-hetero) is 1. The molecule has 3 heterocycles. The molecule has 0 bridgehead atoms. The first-order valence-electron chi connectivity index (χ1n) is 12.2. The molecule has 3 aliphatic heterocycles. The van der Waals surface area contributed by atoms with Crippen LogP contribution in [-0.2, 0) is 9.59 Å². The molecule has 2 saturated heterocycles. The van der Waals surface area contributed by atoms with Crippen LogP contribution in [0.25, 0.3) is 6.08 Å². The topological polar surface area (TPSA) is 101 Å². The highest BCUT2D eigenvalue weighted by Crippen LogP contribution is 2.53. The Bertz CT molecular complexity index is 1260. The van der Waals surface area contributed by atoms with E-state index in [4.69, 9.17) is 0 Å². The molecule has 0 radical (unpaired) electrons. The summed E-state index contributed by atoms with van der Waals surface area (Å²) >= 11 is 0. The Balaban J connectivity index is 1.43. The van der Waals surface area contributed by atoms with Crippen LogP contribution in [0.4, 0.5) is 5.69 Å². The Morgan fingerprint density at radius 2 is 1.60 bits per heavy atom. The van der Waals surface area contributed by atoms with E-state index in [1.165, 1.54) is 29.2 Å². The molecule has 178 valence electrons. The van der Waals surface area contributed by atoms with Crippen molar-refractivity contribution in [3.8, 4) is 0 Å². The highest BCUT2D eigenvalue weighted by molar-refractivity contribution is 6.12. The number of rotatable bonds is 4. The fourth-order valence-corrected chi connectivity index (χ4v) is 6.50. The van der Waals surface area contributed by atoms with Gasteiger partial charge in [-0.05, 0) is 42.2 Å². The zero-order valence-electron chi connectivity index (χ0n) is 19.1. The number of nitro benzene ring substituents is 1. The van der Waals surface area contributed by atoms with Crippen molar-refractivity contribution >= 4 is 29.4 Å². The third kappa shape index (κ3) is 3.23. The fraction of sp³-hybridized carbons (Fsp3) is 0.370. The molecule has 4 aliphatic rings. The lowest BCUT2D eigenvalue weighted by atomic mass is 9.83. The maximum absolute atomic E-state index is 13.9. The number of benzene rings is 2. The monoisotopic (exact) mass is 471 g/mol. The summed E-state index contributed by atoms with van der Waals surface area (Å²) in [7, 11) is 0. The number of nitro groups is 1. The third-order valence-electron chi connectivity index (χ3n) is 8.07. The number of hydrogen-bond acceptors (Lipinski definition) is 6. The number of hydrogen-bond donors (Lipinski definition) is 0. The molecule has 1 saturated carbocycles. The molecule has 4 atom stereocenters. The molecule has 0 N–H and O–H groups in total. The number of ketones is 1. The van der Waals surface area contributed by atoms with Crippen molar-refractivity contribution in [2.24, 2.45) is 11.8 Å². The molecule has 6 rings (SSSR count). The molecule has 2 amide bonds. The number of amides is 2. The Hall–Kier alpha value is -3.81. The van der Waals surface area contributed by atoms with E-state index >= 15 is 0 Å². The number of carbonyl (C=O) groups excluding carboxylic acids is 3. The standard InChI is InChI=1S/C27H25N3O5/c31-25(17-10-12-19(13-11-17)30(34)35)24-22-21(23-20-9-5-4-6-16(20)14-15-28(23)24)26(32)29(27(22)33)18-7-2-1-3-8-18/h4-6,9-15,18,21-24H,1-3,7-8H2/t21-,22-,23-,24+/m0/s1. The van der Waals surface area contributed by atoms with E-state index < -0.39 is 28.8 Å². The van der Waals surface area contributed by atoms with Crippen molar-refractivity contribution in [3.05, 3.63) is 81.5 Å². The minimum atomic E-state index is -0.846. The van der Waals surface area contributed by atoms with Crippen LogP contribution in [0.1, 0.15) is 59.6 Å². The fourth-order valence-electron chi connectivity index (χ4n) is 6.50. The molecule has 0 spiro atoms. The summed E-state index contributed by atoms with van der Waals surface area (Å²) < 4.78 is 0. The Morgan fingerprint density at radius 3 is 2.31 bits per heavy atom. The predicted molar refractivity (Wildman–Crippen MR) is 127 cm³/mol. The van der Waals surface area contributed by atoms with Crippen molar-refractivity contribution in [3.63, 3.8) is 0 Å². The molecular weight excluding hydrogens is 446 g/mol. The molecule has 3 fully saturated rings. The average Bonchev–Trinajstić information content (AvgIpc) is 3.36. The number of non-ortho nitro benzene ring substituents is 1. The van der Waals surface area contributed by atoms with Gasteiger partial charge in [-0.25, -0.2) is 0 Å². The summed E-state index contributed by atoms with van der Waals surface area (Å²) in [5, 5.41) is 11.1. The van der Waals surface area contributed by atoms with Gasteiger partial charge in [0.25, 0.3) is 5.69 Å². The van der Waals surface area contributed by atoms with Gasteiger partial charge in [0, 0.05) is 29.9 Å². The maximum Gasteiger partial charge on any atom is 0.269 e. The Morgan fingerprint density at radius 1 is 0.914 bits per heavy atom. The first kappa shape index (κ1) is 21.7. The van der Waals surface area contributed by atoms with Gasteiger partial charge in [0.2, 0.25) is 11.8 Å². The average molecular weight is 472 g/mol. The van der Waals surface area contributed by atoms with E-state index in [0.717, 1.165) is 43.2 Å². The minimum absolute atomic E-state index is 0.104. The number of likely N-dealkylation sites (tertiary alicyclic amines) is 1. The van der Waals surface area contributed by atoms with Crippen LogP contribution < -0.4 is 0 Å². The molecule has 2 aromatic carbocycles. The quantitative estimate of drug-likeness (QED) is 0.288. The van der Waals surface area contributed by atoms with E-state index in [-0.39, 0.29) is 29.3 Å². The second kappa shape index (κ2) is 8.15. The van der Waals surface area contributed by atoms with E-state index in [9.17, 15) is 24.5 Å². The zero-order valence-corrected chi connectivity index (χ0v) is 19.1. The Labute approximate surface area is 202 Å². The van der Waals surface area contributed by atoms with Gasteiger partial charge < -0.3 is 4.90 Å². The molecule has 0 unspecified atom stereocenters. The summed E-state index contributed by atoms with van der Waals surface area (Å²) in [4.78, 5) is 55.5. The van der Waals surface area contributed by atoms with Crippen molar-refractivity contribution in [2.75, 3.05) is 0 Å². The first-order chi connectivity index (χ1) is 17.0. The number of imide groups is 1. The van der Waals surface area contributed by atoms with Gasteiger partial charge in [-0.2, -0.15) is 0 Å². The summed E-state index contributed by atoms with van der Waals surface area (Å²) in [6.07, 6.45) is 8.44. The summed E-state index contributed by atoms with van der Waals surface area (Å²) in [6.45, 7) is 0. The van der Waals surface area contributed by atoms with E-state index in [1.54, 1.807) is 0 Å². The summed E-state index contributed by atoms with van der Waals surface area (Å²) in [6, 6.07) is 11.9. The van der Waals surface area contributed by atoms with Crippen LogP contribution in [-0.4, -0.2) is 44.4 Å². The molecule has 2 aromatic rings. The molecule has 8 nitrogen and oxygen atoms in total. The number of nitrogens with zero attached hydrogens (tertiary/aromatic N) is 3. The van der Waals surface area contributed by atoms with E-state index in [1.807, 2.05) is 41.4 Å². The predicted octanol–water partition coefficient (Wildman–Crippen LogP) is 4.12. The second-order valence-corrected chi connectivity index (χ2v) is 9.84. The largest absolute Gasteiger partial charge is 0.358 e. The van der Waals surface area contributed by atoms with Crippen LogP contribution in [0.3, 0.4) is 0 Å². The molecular formula is C27H25N3O5. The van der Waals surface area contributed by atoms with Gasteiger partial charge >= 0.3 is 0 Å². The van der Waals surface area contributed by atoms with Gasteiger partial charge in [-0.1, -0.05) is 43.5 Å². The SMILES string of the molecule is O=C(c1ccc([N+](=O)[O-])cc1)[C@H]1[C@H]2C(=O)N(C3CCCCC3)C(=O)[C@@H]2[C@@H]2c3ccccc3C=CN12. The van der Waals surface area contributed by atoms with Crippen LogP contribution in [0, 0.1) is 22.0 Å². The normalized spacial score (nSPS) is 27.5. The van der Waals surface area contributed by atoms with Gasteiger partial charge in [0.15, 0.2) is 5.78 Å². The van der Waals surface area contributed by atoms with Crippen LogP contribution in [0.15, 0.2) is 54.7 Å². The van der Waals surface area contributed by atoms with E-state index in [2.05, 4.69) is 0 Å². The van der Waals surface area contributed by atoms with Crippen molar-refractivity contribution in [2.45, 2.75) is 50.2 Å². The summed E-state index contributed by atoms with van der Waals surface area (Å²) in [5.41, 5.74) is 2.11. The molecule has 1 aliphatic carbocycles.